The lowest BCUT2D eigenvalue weighted by Crippen LogP contribution is -2.16. The van der Waals surface area contributed by atoms with Crippen LogP contribution in [0.1, 0.15) is 28.4 Å². The summed E-state index contributed by atoms with van der Waals surface area (Å²) in [5.41, 5.74) is 3.89. The Labute approximate surface area is 152 Å². The number of thioether (sulfide) groups is 1. The predicted octanol–water partition coefficient (Wildman–Crippen LogP) is 4.46. The highest BCUT2D eigenvalue weighted by atomic mass is 32.2. The summed E-state index contributed by atoms with van der Waals surface area (Å²) in [7, 11) is 1.93. The van der Waals surface area contributed by atoms with Crippen molar-refractivity contribution in [2.45, 2.75) is 31.2 Å². The highest BCUT2D eigenvalue weighted by Crippen LogP contribution is 2.28. The highest BCUT2D eigenvalue weighted by molar-refractivity contribution is 8.00. The molecule has 1 aromatic heterocycles. The molecule has 4 nitrogen and oxygen atoms in total. The molecular weight excluding hydrogens is 330 g/mol. The lowest BCUT2D eigenvalue weighted by molar-refractivity contribution is 0.0993. The zero-order valence-electron chi connectivity index (χ0n) is 14.9. The van der Waals surface area contributed by atoms with E-state index in [1.165, 1.54) is 11.8 Å². The van der Waals surface area contributed by atoms with Crippen LogP contribution >= 0.6 is 11.8 Å². The maximum Gasteiger partial charge on any atom is 0.191 e. The standard InChI is InChI=1S/C20H21N3OS/c1-13-10-11-14(2)17(12-13)18(24)15(3)25-20-22-21-19(23(20)4)16-8-6-5-7-9-16/h5-12,15H,1-4H3/t15-/m1/s1. The zero-order valence-corrected chi connectivity index (χ0v) is 15.7. The number of aromatic nitrogens is 3. The smallest absolute Gasteiger partial charge is 0.191 e. The molecule has 0 spiro atoms. The molecule has 0 radical (unpaired) electrons. The van der Waals surface area contributed by atoms with Crippen molar-refractivity contribution < 1.29 is 4.79 Å². The Morgan fingerprint density at radius 2 is 1.80 bits per heavy atom. The fourth-order valence-electron chi connectivity index (χ4n) is 2.69. The summed E-state index contributed by atoms with van der Waals surface area (Å²) in [5.74, 6) is 0.921. The van der Waals surface area contributed by atoms with Crippen molar-refractivity contribution in [1.29, 1.82) is 0 Å². The number of nitrogens with zero attached hydrogens (tertiary/aromatic N) is 3. The number of rotatable bonds is 5. The maximum atomic E-state index is 12.8. The minimum atomic E-state index is -0.230. The van der Waals surface area contributed by atoms with Crippen LogP contribution in [0.4, 0.5) is 0 Å². The molecule has 1 heterocycles. The molecule has 0 N–H and O–H groups in total. The first-order valence-corrected chi connectivity index (χ1v) is 9.08. The van der Waals surface area contributed by atoms with Gasteiger partial charge in [-0.3, -0.25) is 4.79 Å². The number of hydrogen-bond donors (Lipinski definition) is 0. The average Bonchev–Trinajstić information content (AvgIpc) is 2.97. The van der Waals surface area contributed by atoms with Crippen molar-refractivity contribution in [2.75, 3.05) is 0 Å². The van der Waals surface area contributed by atoms with E-state index in [0.717, 1.165) is 33.2 Å². The third kappa shape index (κ3) is 3.66. The molecule has 0 saturated heterocycles. The summed E-state index contributed by atoms with van der Waals surface area (Å²) in [6.07, 6.45) is 0. The van der Waals surface area contributed by atoms with E-state index >= 15 is 0 Å². The van der Waals surface area contributed by atoms with Crippen molar-refractivity contribution in [3.63, 3.8) is 0 Å². The summed E-state index contributed by atoms with van der Waals surface area (Å²) < 4.78 is 1.94. The predicted molar refractivity (Wildman–Crippen MR) is 102 cm³/mol. The van der Waals surface area contributed by atoms with Crippen LogP contribution < -0.4 is 0 Å². The number of hydrogen-bond acceptors (Lipinski definition) is 4. The number of Topliss-reactive ketones (excluding diaryl/α,β-unsaturated/α-hetero) is 1. The SMILES string of the molecule is Cc1ccc(C)c(C(=O)[C@@H](C)Sc2nnc(-c3ccccc3)n2C)c1. The number of carbonyl (C=O) groups is 1. The molecule has 2 aromatic carbocycles. The van der Waals surface area contributed by atoms with Gasteiger partial charge in [0.25, 0.3) is 0 Å². The van der Waals surface area contributed by atoms with Crippen molar-refractivity contribution in [3.05, 3.63) is 65.2 Å². The van der Waals surface area contributed by atoms with Crippen molar-refractivity contribution in [1.82, 2.24) is 14.8 Å². The van der Waals surface area contributed by atoms with Gasteiger partial charge in [-0.05, 0) is 32.4 Å². The summed E-state index contributed by atoms with van der Waals surface area (Å²) in [6.45, 7) is 5.90. The second-order valence-corrected chi connectivity index (χ2v) is 7.48. The van der Waals surface area contributed by atoms with Gasteiger partial charge in [0.2, 0.25) is 0 Å². The quantitative estimate of drug-likeness (QED) is 0.503. The third-order valence-corrected chi connectivity index (χ3v) is 5.31. The zero-order chi connectivity index (χ0) is 18.0. The van der Waals surface area contributed by atoms with Gasteiger partial charge in [-0.25, -0.2) is 0 Å². The van der Waals surface area contributed by atoms with Crippen molar-refractivity contribution in [3.8, 4) is 11.4 Å². The van der Waals surface area contributed by atoms with E-state index in [1.54, 1.807) is 0 Å². The Balaban J connectivity index is 1.82. The molecule has 0 amide bonds. The van der Waals surface area contributed by atoms with Crippen LogP contribution in [0, 0.1) is 13.8 Å². The van der Waals surface area contributed by atoms with Gasteiger partial charge in [-0.2, -0.15) is 0 Å². The van der Waals surface area contributed by atoms with Crippen LogP contribution in [0.5, 0.6) is 0 Å². The molecule has 5 heteroatoms. The van der Waals surface area contributed by atoms with Gasteiger partial charge < -0.3 is 4.57 Å². The number of ketones is 1. The van der Waals surface area contributed by atoms with Crippen LogP contribution in [0.15, 0.2) is 53.7 Å². The molecular formula is C20H21N3OS. The molecule has 3 aromatic rings. The van der Waals surface area contributed by atoms with Crippen LogP contribution in [-0.4, -0.2) is 25.8 Å². The molecule has 0 aliphatic heterocycles. The Kier molecular flexibility index (Phi) is 5.04. The summed E-state index contributed by atoms with van der Waals surface area (Å²) in [4.78, 5) is 12.8. The van der Waals surface area contributed by atoms with Gasteiger partial charge in [-0.15, -0.1) is 10.2 Å². The number of benzene rings is 2. The Hall–Kier alpha value is -2.40. The molecule has 0 aliphatic carbocycles. The average molecular weight is 351 g/mol. The van der Waals surface area contributed by atoms with Crippen LogP contribution in [0.25, 0.3) is 11.4 Å². The summed E-state index contributed by atoms with van der Waals surface area (Å²) in [6, 6.07) is 15.9. The van der Waals surface area contributed by atoms with E-state index in [0.29, 0.717) is 0 Å². The summed E-state index contributed by atoms with van der Waals surface area (Å²) in [5, 5.41) is 9.07. The Bertz CT molecular complexity index is 903. The fraction of sp³-hybridized carbons (Fsp3) is 0.250. The highest BCUT2D eigenvalue weighted by Gasteiger charge is 2.21. The summed E-state index contributed by atoms with van der Waals surface area (Å²) >= 11 is 1.44. The molecule has 128 valence electrons. The monoisotopic (exact) mass is 351 g/mol. The number of carbonyl (C=O) groups excluding carboxylic acids is 1. The van der Waals surface area contributed by atoms with Gasteiger partial charge in [0.05, 0.1) is 5.25 Å². The maximum absolute atomic E-state index is 12.8. The first-order chi connectivity index (χ1) is 12.0. The topological polar surface area (TPSA) is 47.8 Å². The van der Waals surface area contributed by atoms with E-state index in [-0.39, 0.29) is 11.0 Å². The van der Waals surface area contributed by atoms with Crippen molar-refractivity contribution in [2.24, 2.45) is 7.05 Å². The second kappa shape index (κ2) is 7.23. The minimum absolute atomic E-state index is 0.121. The van der Waals surface area contributed by atoms with Crippen LogP contribution in [0.2, 0.25) is 0 Å². The molecule has 0 bridgehead atoms. The van der Waals surface area contributed by atoms with Gasteiger partial charge >= 0.3 is 0 Å². The first-order valence-electron chi connectivity index (χ1n) is 8.20. The lowest BCUT2D eigenvalue weighted by atomic mass is 10.0. The Morgan fingerprint density at radius 3 is 2.52 bits per heavy atom. The molecule has 3 rings (SSSR count). The molecule has 1 atom stereocenters. The molecule has 0 unspecified atom stereocenters. The molecule has 0 fully saturated rings. The fourth-order valence-corrected chi connectivity index (χ4v) is 3.57. The third-order valence-electron chi connectivity index (χ3n) is 4.18. The largest absolute Gasteiger partial charge is 0.305 e. The second-order valence-electron chi connectivity index (χ2n) is 6.17. The Morgan fingerprint density at radius 1 is 1.08 bits per heavy atom. The van der Waals surface area contributed by atoms with E-state index in [4.69, 9.17) is 0 Å². The van der Waals surface area contributed by atoms with Crippen LogP contribution in [-0.2, 0) is 7.05 Å². The number of aryl methyl sites for hydroxylation is 2. The molecule has 0 aliphatic rings. The first kappa shape index (κ1) is 17.4. The van der Waals surface area contributed by atoms with E-state index in [1.807, 2.05) is 80.9 Å². The molecule has 0 saturated carbocycles. The van der Waals surface area contributed by atoms with Gasteiger partial charge in [0, 0.05) is 18.2 Å². The van der Waals surface area contributed by atoms with Gasteiger partial charge in [0.1, 0.15) is 0 Å². The van der Waals surface area contributed by atoms with E-state index in [2.05, 4.69) is 10.2 Å². The lowest BCUT2D eigenvalue weighted by Gasteiger charge is -2.12. The molecule has 25 heavy (non-hydrogen) atoms. The normalized spacial score (nSPS) is 12.2. The van der Waals surface area contributed by atoms with Gasteiger partial charge in [0.15, 0.2) is 16.8 Å². The minimum Gasteiger partial charge on any atom is -0.305 e. The van der Waals surface area contributed by atoms with Gasteiger partial charge in [-0.1, -0.05) is 59.8 Å². The van der Waals surface area contributed by atoms with E-state index in [9.17, 15) is 4.79 Å². The van der Waals surface area contributed by atoms with Crippen LogP contribution in [0.3, 0.4) is 0 Å². The van der Waals surface area contributed by atoms with Crippen molar-refractivity contribution >= 4 is 17.5 Å². The van der Waals surface area contributed by atoms with E-state index < -0.39 is 0 Å².